The van der Waals surface area contributed by atoms with Gasteiger partial charge >= 0.3 is 6.03 Å². The number of hydrogen-bond donors (Lipinski definition) is 3. The molecule has 0 saturated heterocycles. The zero-order valence-electron chi connectivity index (χ0n) is 23.4. The summed E-state index contributed by atoms with van der Waals surface area (Å²) in [6, 6.07) is 15.3. The SMILES string of the molecule is CCCCC1(CC2CCCCC2)N=C(N)N(Cc2ccc(CNC(=O)NCc3cccc(OC)c3)cc2)C1=O. The van der Waals surface area contributed by atoms with Crippen LogP contribution in [0.2, 0.25) is 0 Å². The number of hydrogen-bond acceptors (Lipinski definition) is 5. The van der Waals surface area contributed by atoms with Crippen molar-refractivity contribution in [2.75, 3.05) is 7.11 Å². The zero-order chi connectivity index (χ0) is 27.7. The van der Waals surface area contributed by atoms with Crippen LogP contribution in [0.15, 0.2) is 53.5 Å². The van der Waals surface area contributed by atoms with Gasteiger partial charge in [-0.25, -0.2) is 9.79 Å². The van der Waals surface area contributed by atoms with Gasteiger partial charge in [0.2, 0.25) is 0 Å². The van der Waals surface area contributed by atoms with Gasteiger partial charge in [0, 0.05) is 13.1 Å². The van der Waals surface area contributed by atoms with E-state index in [0.29, 0.717) is 31.5 Å². The quantitative estimate of drug-likeness (QED) is 0.346. The molecule has 4 N–H and O–H groups in total. The van der Waals surface area contributed by atoms with Crippen LogP contribution >= 0.6 is 0 Å². The molecule has 1 aliphatic heterocycles. The van der Waals surface area contributed by atoms with Gasteiger partial charge in [-0.2, -0.15) is 0 Å². The van der Waals surface area contributed by atoms with E-state index >= 15 is 0 Å². The highest BCUT2D eigenvalue weighted by Crippen LogP contribution is 2.39. The number of guanidine groups is 1. The van der Waals surface area contributed by atoms with Gasteiger partial charge in [0.15, 0.2) is 5.96 Å². The van der Waals surface area contributed by atoms with Crippen LogP contribution in [0.4, 0.5) is 4.79 Å². The third-order valence-electron chi connectivity index (χ3n) is 7.95. The molecule has 1 fully saturated rings. The first-order chi connectivity index (χ1) is 18.9. The normalized spacial score (nSPS) is 19.6. The minimum atomic E-state index is -0.704. The molecule has 2 aromatic carbocycles. The largest absolute Gasteiger partial charge is 0.497 e. The number of rotatable bonds is 12. The van der Waals surface area contributed by atoms with E-state index in [2.05, 4.69) is 17.6 Å². The highest BCUT2D eigenvalue weighted by molar-refractivity contribution is 6.06. The topological polar surface area (TPSA) is 109 Å². The first kappa shape index (κ1) is 28.5. The number of unbranched alkanes of at least 4 members (excludes halogenated alkanes) is 1. The second-order valence-corrected chi connectivity index (χ2v) is 10.9. The predicted octanol–water partition coefficient (Wildman–Crippen LogP) is 5.25. The Labute approximate surface area is 232 Å². The van der Waals surface area contributed by atoms with Crippen molar-refractivity contribution in [2.24, 2.45) is 16.6 Å². The minimum Gasteiger partial charge on any atom is -0.497 e. The number of nitrogens with two attached hydrogens (primary N) is 1. The van der Waals surface area contributed by atoms with Crippen molar-refractivity contribution in [3.05, 3.63) is 65.2 Å². The molecule has 2 aliphatic rings. The number of methoxy groups -OCH3 is 1. The number of carbonyl (C=O) groups is 2. The van der Waals surface area contributed by atoms with Gasteiger partial charge in [-0.05, 0) is 47.6 Å². The maximum Gasteiger partial charge on any atom is 0.315 e. The molecule has 4 rings (SSSR count). The van der Waals surface area contributed by atoms with Gasteiger partial charge in [0.1, 0.15) is 11.3 Å². The number of amides is 3. The summed E-state index contributed by atoms with van der Waals surface area (Å²) in [7, 11) is 1.62. The summed E-state index contributed by atoms with van der Waals surface area (Å²) >= 11 is 0. The summed E-state index contributed by atoms with van der Waals surface area (Å²) in [6.45, 7) is 3.37. The smallest absolute Gasteiger partial charge is 0.315 e. The summed E-state index contributed by atoms with van der Waals surface area (Å²) in [6.07, 6.45) is 9.74. The Morgan fingerprint density at radius 1 is 1.05 bits per heavy atom. The van der Waals surface area contributed by atoms with Crippen molar-refractivity contribution in [3.63, 3.8) is 0 Å². The molecule has 1 saturated carbocycles. The highest BCUT2D eigenvalue weighted by Gasteiger charge is 2.48. The lowest BCUT2D eigenvalue weighted by Gasteiger charge is -2.32. The summed E-state index contributed by atoms with van der Waals surface area (Å²) in [5.74, 6) is 1.70. The fourth-order valence-corrected chi connectivity index (χ4v) is 5.73. The molecule has 0 aromatic heterocycles. The van der Waals surface area contributed by atoms with Gasteiger partial charge in [-0.3, -0.25) is 9.69 Å². The third-order valence-corrected chi connectivity index (χ3v) is 7.95. The average Bonchev–Trinajstić information content (AvgIpc) is 3.19. The summed E-state index contributed by atoms with van der Waals surface area (Å²) in [5.41, 5.74) is 8.57. The molecule has 1 aliphatic carbocycles. The average molecular weight is 534 g/mol. The Morgan fingerprint density at radius 3 is 2.44 bits per heavy atom. The summed E-state index contributed by atoms with van der Waals surface area (Å²) in [5, 5.41) is 5.75. The Balaban J connectivity index is 1.30. The number of carbonyl (C=O) groups excluding carboxylic acids is 2. The van der Waals surface area contributed by atoms with Crippen LogP contribution in [0.25, 0.3) is 0 Å². The standard InChI is InChI=1S/C31H43N5O3/c1-3-4-17-31(19-23-9-6-5-7-10-23)28(37)36(29(32)35-31)22-25-15-13-24(14-16-25)20-33-30(38)34-21-26-11-8-12-27(18-26)39-2/h8,11-16,18,23H,3-7,9-10,17,19-22H2,1-2H3,(H2,32,35)(H2,33,34,38). The molecule has 3 amide bonds. The number of nitrogens with one attached hydrogen (secondary N) is 2. The van der Waals surface area contributed by atoms with Crippen molar-refractivity contribution in [2.45, 2.75) is 89.9 Å². The fourth-order valence-electron chi connectivity index (χ4n) is 5.73. The molecule has 0 bridgehead atoms. The van der Waals surface area contributed by atoms with Crippen molar-refractivity contribution >= 4 is 17.9 Å². The van der Waals surface area contributed by atoms with E-state index in [1.54, 1.807) is 12.0 Å². The number of benzene rings is 2. The number of aliphatic imine (C=N–C) groups is 1. The van der Waals surface area contributed by atoms with Crippen LogP contribution in [0.5, 0.6) is 5.75 Å². The molecule has 2 aromatic rings. The summed E-state index contributed by atoms with van der Waals surface area (Å²) in [4.78, 5) is 32.5. The molecule has 0 spiro atoms. The Bertz CT molecular complexity index is 1140. The van der Waals surface area contributed by atoms with Crippen molar-refractivity contribution in [1.29, 1.82) is 0 Å². The molecule has 8 heteroatoms. The zero-order valence-corrected chi connectivity index (χ0v) is 23.4. The van der Waals surface area contributed by atoms with Gasteiger partial charge in [0.25, 0.3) is 5.91 Å². The maximum atomic E-state index is 13.7. The molecule has 1 atom stereocenters. The molecule has 1 unspecified atom stereocenters. The number of ether oxygens (including phenoxy) is 1. The van der Waals surface area contributed by atoms with Gasteiger partial charge in [0.05, 0.1) is 13.7 Å². The lowest BCUT2D eigenvalue weighted by atomic mass is 9.77. The van der Waals surface area contributed by atoms with Crippen molar-refractivity contribution in [1.82, 2.24) is 15.5 Å². The first-order valence-electron chi connectivity index (χ1n) is 14.3. The molecular weight excluding hydrogens is 490 g/mol. The van der Waals surface area contributed by atoms with Crippen LogP contribution in [-0.4, -0.2) is 35.4 Å². The maximum absolute atomic E-state index is 13.7. The Hall–Kier alpha value is -3.55. The van der Waals surface area contributed by atoms with Crippen LogP contribution in [-0.2, 0) is 24.4 Å². The Kier molecular flexibility index (Phi) is 9.85. The molecule has 39 heavy (non-hydrogen) atoms. The van der Waals surface area contributed by atoms with Gasteiger partial charge < -0.3 is 21.1 Å². The highest BCUT2D eigenvalue weighted by atomic mass is 16.5. The van der Waals surface area contributed by atoms with E-state index in [-0.39, 0.29) is 11.9 Å². The second kappa shape index (κ2) is 13.5. The van der Waals surface area contributed by atoms with E-state index in [9.17, 15) is 9.59 Å². The molecular formula is C31H43N5O3. The molecule has 1 heterocycles. The summed E-state index contributed by atoms with van der Waals surface area (Å²) < 4.78 is 5.22. The minimum absolute atomic E-state index is 0.0532. The van der Waals surface area contributed by atoms with Gasteiger partial charge in [-0.15, -0.1) is 0 Å². The number of nitrogens with zero attached hydrogens (tertiary/aromatic N) is 2. The van der Waals surface area contributed by atoms with Crippen LogP contribution in [0, 0.1) is 5.92 Å². The predicted molar refractivity (Wildman–Crippen MR) is 154 cm³/mol. The van der Waals surface area contributed by atoms with E-state index in [0.717, 1.165) is 48.1 Å². The number of urea groups is 1. The Morgan fingerprint density at radius 2 is 1.74 bits per heavy atom. The van der Waals surface area contributed by atoms with Crippen LogP contribution in [0.1, 0.15) is 81.4 Å². The van der Waals surface area contributed by atoms with E-state index < -0.39 is 5.54 Å². The van der Waals surface area contributed by atoms with Gasteiger partial charge in [-0.1, -0.05) is 88.3 Å². The van der Waals surface area contributed by atoms with E-state index in [1.807, 2.05) is 48.5 Å². The second-order valence-electron chi connectivity index (χ2n) is 10.9. The fraction of sp³-hybridized carbons (Fsp3) is 0.516. The third kappa shape index (κ3) is 7.52. The lowest BCUT2D eigenvalue weighted by molar-refractivity contribution is -0.132. The first-order valence-corrected chi connectivity index (χ1v) is 14.3. The molecule has 210 valence electrons. The van der Waals surface area contributed by atoms with E-state index in [1.165, 1.54) is 32.1 Å². The van der Waals surface area contributed by atoms with E-state index in [4.69, 9.17) is 15.5 Å². The van der Waals surface area contributed by atoms with Crippen molar-refractivity contribution in [3.8, 4) is 5.75 Å². The monoisotopic (exact) mass is 533 g/mol. The van der Waals surface area contributed by atoms with Crippen molar-refractivity contribution < 1.29 is 14.3 Å². The van der Waals surface area contributed by atoms with Crippen LogP contribution in [0.3, 0.4) is 0 Å². The molecule has 8 nitrogen and oxygen atoms in total. The molecule has 0 radical (unpaired) electrons. The van der Waals surface area contributed by atoms with Crippen LogP contribution < -0.4 is 21.1 Å². The lowest BCUT2D eigenvalue weighted by Crippen LogP contribution is -2.45.